The first-order valence-corrected chi connectivity index (χ1v) is 8.98. The van der Waals surface area contributed by atoms with Gasteiger partial charge in [0.15, 0.2) is 0 Å². The van der Waals surface area contributed by atoms with Gasteiger partial charge in [0.2, 0.25) is 0 Å². The zero-order chi connectivity index (χ0) is 16.6. The Morgan fingerprint density at radius 1 is 1.27 bits per heavy atom. The van der Waals surface area contributed by atoms with Gasteiger partial charge in [-0.15, -0.1) is 0 Å². The minimum Gasteiger partial charge on any atom is -0.392 e. The number of benzene rings is 1. The molecule has 1 aromatic carbocycles. The number of rotatable bonds is 9. The molecular weight excluding hydrogens is 300 g/mol. The molecule has 0 amide bonds. The van der Waals surface area contributed by atoms with Crippen LogP contribution in [0.25, 0.3) is 0 Å². The van der Waals surface area contributed by atoms with Crippen LogP contribution >= 0.6 is 0 Å². The molecular formula is C17H26O4S. The smallest absolute Gasteiger partial charge is 0.296 e. The number of allylic oxidation sites excluding steroid dienone is 1. The summed E-state index contributed by atoms with van der Waals surface area (Å²) in [5.74, 6) is 0.371. The lowest BCUT2D eigenvalue weighted by molar-refractivity contribution is 0.283. The molecule has 124 valence electrons. The van der Waals surface area contributed by atoms with E-state index in [4.69, 9.17) is 9.29 Å². The second-order valence-corrected chi connectivity index (χ2v) is 7.38. The largest absolute Gasteiger partial charge is 0.392 e. The second-order valence-electron chi connectivity index (χ2n) is 5.77. The first kappa shape index (κ1) is 18.9. The van der Waals surface area contributed by atoms with Gasteiger partial charge >= 0.3 is 0 Å². The van der Waals surface area contributed by atoms with Crippen LogP contribution in [0.3, 0.4) is 0 Å². The predicted octanol–water partition coefficient (Wildman–Crippen LogP) is 3.45. The predicted molar refractivity (Wildman–Crippen MR) is 88.2 cm³/mol. The molecule has 4 nitrogen and oxygen atoms in total. The first-order chi connectivity index (χ1) is 10.3. The Bertz CT molecular complexity index is 573. The molecule has 5 heteroatoms. The third-order valence-electron chi connectivity index (χ3n) is 3.56. The van der Waals surface area contributed by atoms with Crippen molar-refractivity contribution in [2.45, 2.75) is 44.9 Å². The maximum atomic E-state index is 12.0. The fraction of sp³-hybridized carbons (Fsp3) is 0.529. The summed E-state index contributed by atoms with van der Waals surface area (Å²) in [6.45, 7) is 6.16. The van der Waals surface area contributed by atoms with Gasteiger partial charge in [0.25, 0.3) is 10.1 Å². The molecule has 1 atom stereocenters. The van der Waals surface area contributed by atoms with Crippen LogP contribution in [0.4, 0.5) is 0 Å². The van der Waals surface area contributed by atoms with Crippen LogP contribution in [0.1, 0.15) is 38.7 Å². The summed E-state index contributed by atoms with van der Waals surface area (Å²) < 4.78 is 29.1. The first-order valence-electron chi connectivity index (χ1n) is 7.57. The Balaban J connectivity index is 2.38. The average Bonchev–Trinajstić information content (AvgIpc) is 2.47. The molecule has 1 unspecified atom stereocenters. The highest BCUT2D eigenvalue weighted by molar-refractivity contribution is 7.86. The topological polar surface area (TPSA) is 63.6 Å². The summed E-state index contributed by atoms with van der Waals surface area (Å²) >= 11 is 0. The van der Waals surface area contributed by atoms with E-state index in [2.05, 4.69) is 6.92 Å². The fourth-order valence-corrected chi connectivity index (χ4v) is 2.88. The van der Waals surface area contributed by atoms with E-state index in [1.807, 2.05) is 19.9 Å². The highest BCUT2D eigenvalue weighted by atomic mass is 32.2. The lowest BCUT2D eigenvalue weighted by Crippen LogP contribution is -2.10. The van der Waals surface area contributed by atoms with Gasteiger partial charge in [-0.1, -0.05) is 36.3 Å². The molecule has 0 bridgehead atoms. The third-order valence-corrected chi connectivity index (χ3v) is 4.89. The maximum absolute atomic E-state index is 12.0. The number of aliphatic hydroxyl groups is 1. The second kappa shape index (κ2) is 9.08. The Morgan fingerprint density at radius 3 is 2.50 bits per heavy atom. The van der Waals surface area contributed by atoms with Crippen LogP contribution in [-0.2, 0) is 14.3 Å². The normalized spacial score (nSPS) is 14.1. The summed E-state index contributed by atoms with van der Waals surface area (Å²) in [6.07, 6.45) is 4.54. The number of hydrogen-bond donors (Lipinski definition) is 1. The van der Waals surface area contributed by atoms with E-state index in [9.17, 15) is 8.42 Å². The lowest BCUT2D eigenvalue weighted by atomic mass is 10.0. The molecule has 0 saturated carbocycles. The molecule has 0 fully saturated rings. The van der Waals surface area contributed by atoms with E-state index in [1.54, 1.807) is 24.3 Å². The van der Waals surface area contributed by atoms with Crippen LogP contribution in [-0.4, -0.2) is 26.7 Å². The van der Waals surface area contributed by atoms with Crippen LogP contribution in [0.5, 0.6) is 0 Å². The molecule has 22 heavy (non-hydrogen) atoms. The van der Waals surface area contributed by atoms with Crippen molar-refractivity contribution >= 4 is 10.1 Å². The minimum absolute atomic E-state index is 0.0896. The molecule has 0 aromatic heterocycles. The molecule has 0 heterocycles. The van der Waals surface area contributed by atoms with Crippen molar-refractivity contribution in [3.8, 4) is 0 Å². The monoisotopic (exact) mass is 326 g/mol. The Morgan fingerprint density at radius 2 is 1.91 bits per heavy atom. The fourth-order valence-electron chi connectivity index (χ4n) is 1.96. The van der Waals surface area contributed by atoms with Gasteiger partial charge in [-0.05, 0) is 51.2 Å². The van der Waals surface area contributed by atoms with Crippen molar-refractivity contribution in [3.05, 3.63) is 41.5 Å². The van der Waals surface area contributed by atoms with Gasteiger partial charge in [0, 0.05) is 0 Å². The summed E-state index contributed by atoms with van der Waals surface area (Å²) in [5, 5.41) is 8.90. The van der Waals surface area contributed by atoms with Gasteiger partial charge in [0.1, 0.15) is 0 Å². The average molecular weight is 326 g/mol. The van der Waals surface area contributed by atoms with Crippen molar-refractivity contribution in [1.82, 2.24) is 0 Å². The molecule has 0 radical (unpaired) electrons. The van der Waals surface area contributed by atoms with Crippen LogP contribution in [0, 0.1) is 12.8 Å². The van der Waals surface area contributed by atoms with Gasteiger partial charge in [-0.25, -0.2) is 0 Å². The molecule has 0 aliphatic rings. The highest BCUT2D eigenvalue weighted by Crippen LogP contribution is 2.16. The Labute approximate surface area is 133 Å². The van der Waals surface area contributed by atoms with Crippen molar-refractivity contribution in [2.75, 3.05) is 13.2 Å². The number of hydrogen-bond acceptors (Lipinski definition) is 4. The van der Waals surface area contributed by atoms with Crippen molar-refractivity contribution in [2.24, 2.45) is 5.92 Å². The minimum atomic E-state index is -3.66. The van der Waals surface area contributed by atoms with Gasteiger partial charge in [-0.3, -0.25) is 4.18 Å². The van der Waals surface area contributed by atoms with E-state index in [-0.39, 0.29) is 18.1 Å². The van der Waals surface area contributed by atoms with Crippen LogP contribution in [0.15, 0.2) is 40.8 Å². The Hall–Kier alpha value is -1.17. The summed E-state index contributed by atoms with van der Waals surface area (Å²) in [7, 11) is -3.66. The molecule has 0 aliphatic heterocycles. The Kier molecular flexibility index (Phi) is 7.79. The highest BCUT2D eigenvalue weighted by Gasteiger charge is 2.15. The number of aliphatic hydroxyl groups excluding tert-OH is 1. The maximum Gasteiger partial charge on any atom is 0.296 e. The molecule has 0 saturated heterocycles. The van der Waals surface area contributed by atoms with Gasteiger partial charge in [-0.2, -0.15) is 8.42 Å². The SMILES string of the molecule is C/C(=C\CCC(C)CCOS(=O)(=O)c1ccc(C)cc1)CO. The zero-order valence-electron chi connectivity index (χ0n) is 13.6. The van der Waals surface area contributed by atoms with E-state index in [1.165, 1.54) is 0 Å². The molecule has 0 aliphatic carbocycles. The lowest BCUT2D eigenvalue weighted by Gasteiger charge is -2.11. The van der Waals surface area contributed by atoms with E-state index >= 15 is 0 Å². The van der Waals surface area contributed by atoms with Crippen molar-refractivity contribution < 1.29 is 17.7 Å². The van der Waals surface area contributed by atoms with Gasteiger partial charge < -0.3 is 5.11 Å². The molecule has 0 spiro atoms. The van der Waals surface area contributed by atoms with E-state index in [0.717, 1.165) is 24.0 Å². The van der Waals surface area contributed by atoms with Crippen LogP contribution in [0.2, 0.25) is 0 Å². The molecule has 1 N–H and O–H groups in total. The van der Waals surface area contributed by atoms with Crippen molar-refractivity contribution in [3.63, 3.8) is 0 Å². The van der Waals surface area contributed by atoms with Crippen molar-refractivity contribution in [1.29, 1.82) is 0 Å². The van der Waals surface area contributed by atoms with E-state index < -0.39 is 10.1 Å². The van der Waals surface area contributed by atoms with Gasteiger partial charge in [0.05, 0.1) is 18.1 Å². The van der Waals surface area contributed by atoms with Crippen LogP contribution < -0.4 is 0 Å². The molecule has 1 rings (SSSR count). The van der Waals surface area contributed by atoms with E-state index in [0.29, 0.717) is 12.3 Å². The summed E-state index contributed by atoms with van der Waals surface area (Å²) in [6, 6.07) is 6.65. The number of aryl methyl sites for hydroxylation is 1. The summed E-state index contributed by atoms with van der Waals surface area (Å²) in [4.78, 5) is 0.201. The molecule has 1 aromatic rings. The summed E-state index contributed by atoms with van der Waals surface area (Å²) in [5.41, 5.74) is 1.98. The zero-order valence-corrected chi connectivity index (χ0v) is 14.4. The third kappa shape index (κ3) is 6.73. The standard InChI is InChI=1S/C17H26O4S/c1-14(5-4-6-16(3)13-18)11-12-21-22(19,20)17-9-7-15(2)8-10-17/h6-10,14,18H,4-5,11-13H2,1-3H3/b16-6+. The quantitative estimate of drug-likeness (QED) is 0.558.